The Morgan fingerprint density at radius 2 is 1.83 bits per heavy atom. The van der Waals surface area contributed by atoms with Gasteiger partial charge in [0.2, 0.25) is 0 Å². The van der Waals surface area contributed by atoms with Gasteiger partial charge in [0.05, 0.1) is 24.6 Å². The Labute approximate surface area is 171 Å². The Morgan fingerprint density at radius 3 is 2.48 bits per heavy atom. The summed E-state index contributed by atoms with van der Waals surface area (Å²) in [5.74, 6) is 0.460. The van der Waals surface area contributed by atoms with Crippen LogP contribution >= 0.6 is 0 Å². The van der Waals surface area contributed by atoms with E-state index in [2.05, 4.69) is 27.8 Å². The van der Waals surface area contributed by atoms with Crippen LogP contribution in [0.15, 0.2) is 59.7 Å². The average Bonchev–Trinajstić information content (AvgIpc) is 2.96. The zero-order valence-electron chi connectivity index (χ0n) is 17.2. The van der Waals surface area contributed by atoms with E-state index in [0.717, 1.165) is 22.7 Å². The second-order valence-electron chi connectivity index (χ2n) is 7.12. The number of nitrogens with one attached hydrogen (secondary N) is 1. The van der Waals surface area contributed by atoms with Crippen molar-refractivity contribution in [2.45, 2.75) is 40.3 Å². The summed E-state index contributed by atoms with van der Waals surface area (Å²) in [6.45, 7) is 8.55. The van der Waals surface area contributed by atoms with Gasteiger partial charge in [0.1, 0.15) is 5.75 Å². The lowest BCUT2D eigenvalue weighted by Gasteiger charge is -2.09. The average molecular weight is 390 g/mol. The number of carbonyl (C=O) groups is 1. The van der Waals surface area contributed by atoms with Crippen molar-refractivity contribution in [1.29, 1.82) is 0 Å². The predicted octanol–water partition coefficient (Wildman–Crippen LogP) is 4.10. The summed E-state index contributed by atoms with van der Waals surface area (Å²) in [6.07, 6.45) is 1.74. The summed E-state index contributed by atoms with van der Waals surface area (Å²) in [5.41, 5.74) is 7.05. The minimum absolute atomic E-state index is 0.0913. The molecule has 3 rings (SSSR count). The minimum Gasteiger partial charge on any atom is -0.491 e. The number of hydrogen-bond donors (Lipinski definition) is 1. The summed E-state index contributed by atoms with van der Waals surface area (Å²) in [4.78, 5) is 12.3. The number of carbonyl (C=O) groups excluding carboxylic acids is 1. The highest BCUT2D eigenvalue weighted by Crippen LogP contribution is 2.14. The highest BCUT2D eigenvalue weighted by Gasteiger charge is 2.11. The van der Waals surface area contributed by atoms with Crippen LogP contribution in [0.5, 0.6) is 5.75 Å². The molecule has 6 nitrogen and oxygen atoms in total. The molecule has 1 amide bonds. The maximum Gasteiger partial charge on any atom is 0.271 e. The van der Waals surface area contributed by atoms with Gasteiger partial charge in [0, 0.05) is 16.8 Å². The van der Waals surface area contributed by atoms with E-state index >= 15 is 0 Å². The van der Waals surface area contributed by atoms with E-state index in [9.17, 15) is 4.79 Å². The van der Waals surface area contributed by atoms with Crippen LogP contribution < -0.4 is 10.2 Å². The van der Waals surface area contributed by atoms with Gasteiger partial charge < -0.3 is 4.74 Å². The zero-order chi connectivity index (χ0) is 20.8. The van der Waals surface area contributed by atoms with Gasteiger partial charge in [-0.05, 0) is 57.5 Å². The van der Waals surface area contributed by atoms with Crippen molar-refractivity contribution in [3.05, 3.63) is 82.7 Å². The maximum absolute atomic E-state index is 12.3. The molecule has 0 fully saturated rings. The first-order chi connectivity index (χ1) is 13.9. The molecule has 150 valence electrons. The van der Waals surface area contributed by atoms with Gasteiger partial charge in [-0.3, -0.25) is 9.48 Å². The molecule has 0 saturated carbocycles. The normalized spacial score (nSPS) is 11.2. The molecule has 0 aliphatic carbocycles. The summed E-state index contributed by atoms with van der Waals surface area (Å²) < 4.78 is 7.53. The number of rotatable bonds is 7. The maximum atomic E-state index is 12.3. The van der Waals surface area contributed by atoms with Crippen molar-refractivity contribution in [2.75, 3.05) is 0 Å². The van der Waals surface area contributed by atoms with Crippen molar-refractivity contribution in [2.24, 2.45) is 5.10 Å². The van der Waals surface area contributed by atoms with E-state index in [1.807, 2.05) is 50.6 Å². The molecule has 2 aromatic carbocycles. The molecular weight excluding hydrogens is 364 g/mol. The molecule has 0 unspecified atom stereocenters. The topological polar surface area (TPSA) is 68.5 Å². The van der Waals surface area contributed by atoms with Gasteiger partial charge in [-0.15, -0.1) is 0 Å². The van der Waals surface area contributed by atoms with Crippen LogP contribution in [0.25, 0.3) is 0 Å². The number of aromatic nitrogens is 2. The molecular formula is C23H26N4O2. The van der Waals surface area contributed by atoms with Gasteiger partial charge >= 0.3 is 0 Å². The molecule has 6 heteroatoms. The highest BCUT2D eigenvalue weighted by atomic mass is 16.5. The lowest BCUT2D eigenvalue weighted by atomic mass is 10.2. The third-order valence-corrected chi connectivity index (χ3v) is 4.46. The number of hydrazone groups is 1. The Kier molecular flexibility index (Phi) is 6.44. The van der Waals surface area contributed by atoms with Crippen LogP contribution in [0.4, 0.5) is 0 Å². The highest BCUT2D eigenvalue weighted by molar-refractivity contribution is 5.95. The van der Waals surface area contributed by atoms with Crippen molar-refractivity contribution >= 4 is 12.1 Å². The third-order valence-electron chi connectivity index (χ3n) is 4.46. The molecule has 0 spiro atoms. The van der Waals surface area contributed by atoms with Crippen LogP contribution in [-0.4, -0.2) is 28.0 Å². The summed E-state index contributed by atoms with van der Waals surface area (Å²) in [5, 5.41) is 8.72. The van der Waals surface area contributed by atoms with Crippen LogP contribution in [0, 0.1) is 13.8 Å². The largest absolute Gasteiger partial charge is 0.491 e. The van der Waals surface area contributed by atoms with Crippen LogP contribution in [-0.2, 0) is 6.54 Å². The molecule has 0 atom stereocenters. The van der Waals surface area contributed by atoms with E-state index in [4.69, 9.17) is 4.74 Å². The SMILES string of the molecule is Cc1nn(Cc2ccccc2)c(C)c1/C=N\NC(=O)c1ccc(OC(C)C)cc1. The van der Waals surface area contributed by atoms with E-state index in [1.165, 1.54) is 5.56 Å². The lowest BCUT2D eigenvalue weighted by Crippen LogP contribution is -2.17. The number of ether oxygens (including phenoxy) is 1. The van der Waals surface area contributed by atoms with E-state index in [1.54, 1.807) is 30.5 Å². The molecule has 1 aromatic heterocycles. The van der Waals surface area contributed by atoms with Gasteiger partial charge in [0.25, 0.3) is 5.91 Å². The fourth-order valence-electron chi connectivity index (χ4n) is 2.98. The van der Waals surface area contributed by atoms with Crippen LogP contribution in [0.1, 0.15) is 46.7 Å². The Bertz CT molecular complexity index is 990. The van der Waals surface area contributed by atoms with E-state index in [-0.39, 0.29) is 12.0 Å². The monoisotopic (exact) mass is 390 g/mol. The summed E-state index contributed by atoms with van der Waals surface area (Å²) >= 11 is 0. The first-order valence-corrected chi connectivity index (χ1v) is 9.62. The number of nitrogens with zero attached hydrogens (tertiary/aromatic N) is 3. The Balaban J connectivity index is 1.65. The van der Waals surface area contributed by atoms with Crippen LogP contribution in [0.3, 0.4) is 0 Å². The minimum atomic E-state index is -0.274. The molecule has 1 heterocycles. The van der Waals surface area contributed by atoms with Gasteiger partial charge in [0.15, 0.2) is 0 Å². The quantitative estimate of drug-likeness (QED) is 0.488. The molecule has 29 heavy (non-hydrogen) atoms. The van der Waals surface area contributed by atoms with Crippen molar-refractivity contribution < 1.29 is 9.53 Å². The predicted molar refractivity (Wildman–Crippen MR) is 115 cm³/mol. The third kappa shape index (κ3) is 5.31. The molecule has 0 saturated heterocycles. The van der Waals surface area contributed by atoms with E-state index in [0.29, 0.717) is 12.1 Å². The lowest BCUT2D eigenvalue weighted by molar-refractivity contribution is 0.0955. The summed E-state index contributed by atoms with van der Waals surface area (Å²) in [6, 6.07) is 17.2. The fraction of sp³-hybridized carbons (Fsp3) is 0.261. The molecule has 0 aliphatic heterocycles. The number of hydrogen-bond acceptors (Lipinski definition) is 4. The van der Waals surface area contributed by atoms with Gasteiger partial charge in [-0.25, -0.2) is 5.43 Å². The number of amides is 1. The van der Waals surface area contributed by atoms with E-state index < -0.39 is 0 Å². The fourth-order valence-corrected chi connectivity index (χ4v) is 2.98. The Morgan fingerprint density at radius 1 is 1.14 bits per heavy atom. The van der Waals surface area contributed by atoms with Crippen molar-refractivity contribution in [3.63, 3.8) is 0 Å². The van der Waals surface area contributed by atoms with Crippen molar-refractivity contribution in [1.82, 2.24) is 15.2 Å². The smallest absolute Gasteiger partial charge is 0.271 e. The van der Waals surface area contributed by atoms with Gasteiger partial charge in [-0.1, -0.05) is 30.3 Å². The van der Waals surface area contributed by atoms with Gasteiger partial charge in [-0.2, -0.15) is 10.2 Å². The standard InChI is InChI=1S/C23H26N4O2/c1-16(2)29-21-12-10-20(11-13-21)23(28)25-24-14-22-17(3)26-27(18(22)4)15-19-8-6-5-7-9-19/h5-14,16H,15H2,1-4H3,(H,25,28)/b24-14-. The second kappa shape index (κ2) is 9.19. The summed E-state index contributed by atoms with van der Waals surface area (Å²) in [7, 11) is 0. The second-order valence-corrected chi connectivity index (χ2v) is 7.12. The first kappa shape index (κ1) is 20.3. The van der Waals surface area contributed by atoms with Crippen molar-refractivity contribution in [3.8, 4) is 5.75 Å². The Hall–Kier alpha value is -3.41. The molecule has 0 radical (unpaired) electrons. The van der Waals surface area contributed by atoms with Crippen LogP contribution in [0.2, 0.25) is 0 Å². The molecule has 0 bridgehead atoms. The molecule has 3 aromatic rings. The first-order valence-electron chi connectivity index (χ1n) is 9.62. The number of aryl methyl sites for hydroxylation is 1. The molecule has 1 N–H and O–H groups in total. The number of benzene rings is 2. The zero-order valence-corrected chi connectivity index (χ0v) is 17.2. The molecule has 0 aliphatic rings.